The van der Waals surface area contributed by atoms with Crippen LogP contribution in [0.3, 0.4) is 0 Å². The number of carbonyl (C=O) groups is 1. The predicted octanol–water partition coefficient (Wildman–Crippen LogP) is 4.01. The Bertz CT molecular complexity index is 1060. The molecule has 0 saturated carbocycles. The second kappa shape index (κ2) is 8.12. The van der Waals surface area contributed by atoms with Crippen molar-refractivity contribution in [2.45, 2.75) is 6.42 Å². The molecular formula is C19H18ClNO5S. The highest BCUT2D eigenvalue weighted by molar-refractivity contribution is 7.85. The van der Waals surface area contributed by atoms with E-state index < -0.39 is 16.1 Å². The first-order chi connectivity index (χ1) is 12.8. The standard InChI is InChI=1S/C19H18ClNO5S/c1-27(23,24)26-11-5-10-25-19(22)18-15-9-8-14(20)12-16(15)17(21-18)13-6-3-2-4-7-13/h2-4,6-9,12,21H,5,10-11H2,1H3. The van der Waals surface area contributed by atoms with Crippen molar-refractivity contribution in [1.82, 2.24) is 4.98 Å². The summed E-state index contributed by atoms with van der Waals surface area (Å²) in [5.74, 6) is -0.524. The molecule has 0 amide bonds. The number of aromatic nitrogens is 1. The molecule has 0 fully saturated rings. The lowest BCUT2D eigenvalue weighted by Crippen LogP contribution is -2.11. The summed E-state index contributed by atoms with van der Waals surface area (Å²) in [5, 5.41) is 2.09. The van der Waals surface area contributed by atoms with Crippen LogP contribution in [0.25, 0.3) is 22.0 Å². The molecule has 1 aromatic heterocycles. The third-order valence-corrected chi connectivity index (χ3v) is 4.69. The SMILES string of the molecule is CS(=O)(=O)OCCCOC(=O)c1[nH]c(-c2ccccc2)c2cc(Cl)ccc12. The third-order valence-electron chi connectivity index (χ3n) is 3.86. The van der Waals surface area contributed by atoms with Crippen molar-refractivity contribution >= 4 is 38.5 Å². The highest BCUT2D eigenvalue weighted by Crippen LogP contribution is 2.33. The van der Waals surface area contributed by atoms with E-state index in [0.717, 1.165) is 22.9 Å². The van der Waals surface area contributed by atoms with Gasteiger partial charge in [-0.3, -0.25) is 4.18 Å². The molecule has 0 aliphatic rings. The van der Waals surface area contributed by atoms with Crippen molar-refractivity contribution in [1.29, 1.82) is 0 Å². The topological polar surface area (TPSA) is 85.5 Å². The van der Waals surface area contributed by atoms with Crippen molar-refractivity contribution in [3.05, 3.63) is 59.2 Å². The van der Waals surface area contributed by atoms with E-state index in [0.29, 0.717) is 16.1 Å². The van der Waals surface area contributed by atoms with Crippen molar-refractivity contribution < 1.29 is 22.1 Å². The van der Waals surface area contributed by atoms with Gasteiger partial charge >= 0.3 is 5.97 Å². The fourth-order valence-electron chi connectivity index (χ4n) is 2.70. The summed E-state index contributed by atoms with van der Waals surface area (Å²) in [6.07, 6.45) is 1.25. The summed E-state index contributed by atoms with van der Waals surface area (Å²) in [4.78, 5) is 15.6. The van der Waals surface area contributed by atoms with E-state index >= 15 is 0 Å². The number of hydrogen-bond donors (Lipinski definition) is 1. The summed E-state index contributed by atoms with van der Waals surface area (Å²) in [5.41, 5.74) is 2.02. The molecule has 6 nitrogen and oxygen atoms in total. The van der Waals surface area contributed by atoms with E-state index in [1.54, 1.807) is 18.2 Å². The first kappa shape index (κ1) is 19.4. The van der Waals surface area contributed by atoms with E-state index in [1.807, 2.05) is 30.3 Å². The maximum Gasteiger partial charge on any atom is 0.355 e. The van der Waals surface area contributed by atoms with Crippen LogP contribution in [0, 0.1) is 0 Å². The molecule has 0 aliphatic heterocycles. The summed E-state index contributed by atoms with van der Waals surface area (Å²) >= 11 is 6.13. The average Bonchev–Trinajstić information content (AvgIpc) is 3.00. The molecule has 1 heterocycles. The van der Waals surface area contributed by atoms with Crippen LogP contribution in [0.5, 0.6) is 0 Å². The zero-order valence-electron chi connectivity index (χ0n) is 14.6. The number of H-pyrrole nitrogens is 1. The molecule has 0 saturated heterocycles. The van der Waals surface area contributed by atoms with E-state index in [1.165, 1.54) is 0 Å². The lowest BCUT2D eigenvalue weighted by molar-refractivity contribution is 0.0484. The molecule has 142 valence electrons. The fourth-order valence-corrected chi connectivity index (χ4v) is 3.29. The van der Waals surface area contributed by atoms with Crippen LogP contribution in [0.1, 0.15) is 16.9 Å². The van der Waals surface area contributed by atoms with Gasteiger partial charge in [0, 0.05) is 22.2 Å². The van der Waals surface area contributed by atoms with Gasteiger partial charge < -0.3 is 9.72 Å². The predicted molar refractivity (Wildman–Crippen MR) is 104 cm³/mol. The molecule has 0 aliphatic carbocycles. The Kier molecular flexibility index (Phi) is 5.84. The molecule has 1 N–H and O–H groups in total. The van der Waals surface area contributed by atoms with E-state index in [4.69, 9.17) is 16.3 Å². The minimum atomic E-state index is -3.50. The Morgan fingerprint density at radius 3 is 2.52 bits per heavy atom. The summed E-state index contributed by atoms with van der Waals surface area (Å²) < 4.78 is 31.7. The number of hydrogen-bond acceptors (Lipinski definition) is 5. The van der Waals surface area contributed by atoms with Gasteiger partial charge in [-0.15, -0.1) is 0 Å². The zero-order valence-corrected chi connectivity index (χ0v) is 16.1. The molecule has 0 radical (unpaired) electrons. The van der Waals surface area contributed by atoms with Gasteiger partial charge in [-0.25, -0.2) is 4.79 Å². The summed E-state index contributed by atoms with van der Waals surface area (Å²) in [6.45, 7) is 0.00554. The van der Waals surface area contributed by atoms with E-state index in [-0.39, 0.29) is 19.6 Å². The Morgan fingerprint density at radius 1 is 1.07 bits per heavy atom. The molecule has 27 heavy (non-hydrogen) atoms. The second-order valence-corrected chi connectivity index (χ2v) is 8.03. The van der Waals surface area contributed by atoms with Gasteiger partial charge in [0.15, 0.2) is 0 Å². The van der Waals surface area contributed by atoms with E-state index in [2.05, 4.69) is 9.17 Å². The van der Waals surface area contributed by atoms with E-state index in [9.17, 15) is 13.2 Å². The Balaban J connectivity index is 1.81. The number of esters is 1. The zero-order chi connectivity index (χ0) is 19.4. The Hall–Kier alpha value is -2.35. The van der Waals surface area contributed by atoms with Gasteiger partial charge in [0.05, 0.1) is 25.2 Å². The number of carbonyl (C=O) groups excluding carboxylic acids is 1. The highest BCUT2D eigenvalue weighted by atomic mass is 35.5. The minimum Gasteiger partial charge on any atom is -0.461 e. The molecule has 8 heteroatoms. The van der Waals surface area contributed by atoms with Crippen molar-refractivity contribution in [2.24, 2.45) is 0 Å². The van der Waals surface area contributed by atoms with Crippen molar-refractivity contribution in [3.63, 3.8) is 0 Å². The number of ether oxygens (including phenoxy) is 1. The third kappa shape index (κ3) is 4.88. The quantitative estimate of drug-likeness (QED) is 0.363. The maximum atomic E-state index is 12.5. The monoisotopic (exact) mass is 407 g/mol. The molecule has 3 aromatic rings. The molecule has 2 aromatic carbocycles. The molecule has 0 atom stereocenters. The number of fused-ring (bicyclic) bond motifs is 1. The van der Waals surface area contributed by atoms with Crippen LogP contribution in [-0.4, -0.2) is 38.8 Å². The van der Waals surface area contributed by atoms with Crippen LogP contribution in [-0.2, 0) is 19.0 Å². The van der Waals surface area contributed by atoms with Crippen LogP contribution in [0.2, 0.25) is 5.02 Å². The summed E-state index contributed by atoms with van der Waals surface area (Å²) in [7, 11) is -3.50. The van der Waals surface area contributed by atoms with Gasteiger partial charge in [-0.1, -0.05) is 48.0 Å². The van der Waals surface area contributed by atoms with Crippen molar-refractivity contribution in [2.75, 3.05) is 19.5 Å². The number of nitrogens with one attached hydrogen (secondary N) is 1. The summed E-state index contributed by atoms with van der Waals surface area (Å²) in [6, 6.07) is 14.9. The van der Waals surface area contributed by atoms with Gasteiger partial charge in [0.25, 0.3) is 10.1 Å². The van der Waals surface area contributed by atoms with Gasteiger partial charge in [0.2, 0.25) is 0 Å². The fraction of sp³-hybridized carbons (Fsp3) is 0.211. The van der Waals surface area contributed by atoms with Crippen LogP contribution in [0.4, 0.5) is 0 Å². The van der Waals surface area contributed by atoms with Crippen LogP contribution >= 0.6 is 11.6 Å². The van der Waals surface area contributed by atoms with Gasteiger partial charge in [-0.2, -0.15) is 8.42 Å². The Labute approximate surface area is 162 Å². The number of halogens is 1. The largest absolute Gasteiger partial charge is 0.461 e. The molecule has 0 unspecified atom stereocenters. The lowest BCUT2D eigenvalue weighted by atomic mass is 10.1. The normalized spacial score (nSPS) is 11.6. The number of rotatable bonds is 7. The van der Waals surface area contributed by atoms with Crippen LogP contribution < -0.4 is 0 Å². The molecule has 3 rings (SSSR count). The number of aromatic amines is 1. The smallest absolute Gasteiger partial charge is 0.355 e. The van der Waals surface area contributed by atoms with Gasteiger partial charge in [-0.05, 0) is 17.7 Å². The highest BCUT2D eigenvalue weighted by Gasteiger charge is 2.18. The van der Waals surface area contributed by atoms with Crippen molar-refractivity contribution in [3.8, 4) is 11.3 Å². The maximum absolute atomic E-state index is 12.5. The average molecular weight is 408 g/mol. The number of benzene rings is 2. The van der Waals surface area contributed by atoms with Crippen LogP contribution in [0.15, 0.2) is 48.5 Å². The minimum absolute atomic E-state index is 0.0392. The molecular weight excluding hydrogens is 390 g/mol. The lowest BCUT2D eigenvalue weighted by Gasteiger charge is -2.04. The molecule has 0 bridgehead atoms. The Morgan fingerprint density at radius 2 is 1.81 bits per heavy atom. The van der Waals surface area contributed by atoms with Gasteiger partial charge in [0.1, 0.15) is 5.69 Å². The molecule has 0 spiro atoms. The first-order valence-electron chi connectivity index (χ1n) is 8.23. The first-order valence-corrected chi connectivity index (χ1v) is 10.4. The second-order valence-electron chi connectivity index (χ2n) is 5.95.